The second kappa shape index (κ2) is 9.75. The van der Waals surface area contributed by atoms with E-state index in [4.69, 9.17) is 9.94 Å². The van der Waals surface area contributed by atoms with Gasteiger partial charge in [-0.2, -0.15) is 0 Å². The van der Waals surface area contributed by atoms with Gasteiger partial charge in [-0.25, -0.2) is 5.06 Å². The molecular formula is C22H24N2O5. The van der Waals surface area contributed by atoms with Crippen molar-refractivity contribution in [3.8, 4) is 0 Å². The number of aliphatic hydroxyl groups is 1. The number of hydroxylamine groups is 1. The summed E-state index contributed by atoms with van der Waals surface area (Å²) in [5.74, 6) is -1.18. The predicted octanol–water partition coefficient (Wildman–Crippen LogP) is 2.58. The lowest BCUT2D eigenvalue weighted by molar-refractivity contribution is -0.137. The van der Waals surface area contributed by atoms with E-state index in [0.717, 1.165) is 11.3 Å². The molecule has 1 amide bonds. The second-order valence-electron chi connectivity index (χ2n) is 6.67. The standard InChI is InChI=1S/C22H24N2O5/c25-14-8-7-13-18-20(22(28)23-15-19(26)27)21(16-9-3-1-4-10-16)29-24(18)17-11-5-2-6-12-17/h1-6,9-12,18,25H,7-8,13-15H2,(H,23,28)(H,26,27). The number of para-hydroxylation sites is 1. The molecule has 1 heterocycles. The van der Waals surface area contributed by atoms with E-state index in [0.29, 0.717) is 30.6 Å². The van der Waals surface area contributed by atoms with Gasteiger partial charge in [0.05, 0.1) is 11.3 Å². The highest BCUT2D eigenvalue weighted by molar-refractivity contribution is 6.03. The Labute approximate surface area is 169 Å². The zero-order valence-corrected chi connectivity index (χ0v) is 16.0. The number of hydrogen-bond donors (Lipinski definition) is 3. The molecule has 0 fully saturated rings. The van der Waals surface area contributed by atoms with Gasteiger partial charge in [-0.05, 0) is 31.4 Å². The van der Waals surface area contributed by atoms with Crippen molar-refractivity contribution in [1.29, 1.82) is 0 Å². The summed E-state index contributed by atoms with van der Waals surface area (Å²) >= 11 is 0. The van der Waals surface area contributed by atoms with Crippen LogP contribution < -0.4 is 10.4 Å². The maximum atomic E-state index is 13.0. The third-order valence-corrected chi connectivity index (χ3v) is 4.63. The molecule has 7 heteroatoms. The van der Waals surface area contributed by atoms with Crippen molar-refractivity contribution in [1.82, 2.24) is 5.32 Å². The van der Waals surface area contributed by atoms with Crippen LogP contribution in [0, 0.1) is 0 Å². The van der Waals surface area contributed by atoms with Gasteiger partial charge in [0.1, 0.15) is 12.6 Å². The number of nitrogens with zero attached hydrogens (tertiary/aromatic N) is 1. The van der Waals surface area contributed by atoms with Crippen molar-refractivity contribution in [3.63, 3.8) is 0 Å². The number of carboxylic acid groups (broad SMARTS) is 1. The van der Waals surface area contributed by atoms with Crippen LogP contribution in [0.25, 0.3) is 5.76 Å². The van der Waals surface area contributed by atoms with Gasteiger partial charge < -0.3 is 20.4 Å². The molecule has 2 aromatic carbocycles. The molecule has 1 aliphatic rings. The fourth-order valence-corrected chi connectivity index (χ4v) is 3.30. The van der Waals surface area contributed by atoms with E-state index in [9.17, 15) is 14.7 Å². The maximum absolute atomic E-state index is 13.0. The predicted molar refractivity (Wildman–Crippen MR) is 109 cm³/mol. The zero-order valence-electron chi connectivity index (χ0n) is 16.0. The largest absolute Gasteiger partial charge is 0.480 e. The van der Waals surface area contributed by atoms with Gasteiger partial charge in [-0.15, -0.1) is 0 Å². The highest BCUT2D eigenvalue weighted by Gasteiger charge is 2.39. The van der Waals surface area contributed by atoms with E-state index in [1.54, 1.807) is 5.06 Å². The first-order valence-electron chi connectivity index (χ1n) is 9.54. The minimum atomic E-state index is -1.11. The minimum absolute atomic E-state index is 0.0642. The van der Waals surface area contributed by atoms with Crippen molar-refractivity contribution in [2.75, 3.05) is 18.2 Å². The molecule has 1 atom stereocenters. The number of benzene rings is 2. The van der Waals surface area contributed by atoms with Crippen LogP contribution in [0.5, 0.6) is 0 Å². The number of aliphatic hydroxyl groups excluding tert-OH is 1. The van der Waals surface area contributed by atoms with Gasteiger partial charge >= 0.3 is 5.97 Å². The summed E-state index contributed by atoms with van der Waals surface area (Å²) in [7, 11) is 0. The average molecular weight is 396 g/mol. The quantitative estimate of drug-likeness (QED) is 0.564. The Balaban J connectivity index is 2.01. The van der Waals surface area contributed by atoms with Gasteiger partial charge in [-0.1, -0.05) is 48.5 Å². The number of carbonyl (C=O) groups excluding carboxylic acids is 1. The fraction of sp³-hybridized carbons (Fsp3) is 0.273. The molecule has 1 unspecified atom stereocenters. The first-order valence-corrected chi connectivity index (χ1v) is 9.54. The van der Waals surface area contributed by atoms with E-state index >= 15 is 0 Å². The van der Waals surface area contributed by atoms with Gasteiger partial charge in [0.25, 0.3) is 5.91 Å². The molecule has 152 valence electrons. The number of hydrogen-bond acceptors (Lipinski definition) is 5. The number of nitrogens with one attached hydrogen (secondary N) is 1. The van der Waals surface area contributed by atoms with Crippen LogP contribution in [0.2, 0.25) is 0 Å². The summed E-state index contributed by atoms with van der Waals surface area (Å²) in [4.78, 5) is 30.1. The molecule has 0 radical (unpaired) electrons. The van der Waals surface area contributed by atoms with Crippen LogP contribution in [0.3, 0.4) is 0 Å². The molecule has 2 aromatic rings. The Hall–Kier alpha value is -3.32. The summed E-state index contributed by atoms with van der Waals surface area (Å²) in [5.41, 5.74) is 1.91. The van der Waals surface area contributed by atoms with Crippen LogP contribution in [0.4, 0.5) is 5.69 Å². The average Bonchev–Trinajstić information content (AvgIpc) is 3.13. The highest BCUT2D eigenvalue weighted by Crippen LogP contribution is 2.38. The Kier molecular flexibility index (Phi) is 6.86. The smallest absolute Gasteiger partial charge is 0.322 e. The third kappa shape index (κ3) is 4.94. The van der Waals surface area contributed by atoms with Crippen molar-refractivity contribution >= 4 is 23.3 Å². The molecule has 0 bridgehead atoms. The molecule has 1 aliphatic heterocycles. The van der Waals surface area contributed by atoms with Crippen LogP contribution in [0.1, 0.15) is 24.8 Å². The van der Waals surface area contributed by atoms with E-state index in [1.165, 1.54) is 0 Å². The Morgan fingerprint density at radius 3 is 2.28 bits per heavy atom. The first-order chi connectivity index (χ1) is 14.1. The Morgan fingerprint density at radius 1 is 1.00 bits per heavy atom. The van der Waals surface area contributed by atoms with Crippen LogP contribution in [-0.4, -0.2) is 41.3 Å². The Morgan fingerprint density at radius 2 is 1.66 bits per heavy atom. The molecular weight excluding hydrogens is 372 g/mol. The molecule has 29 heavy (non-hydrogen) atoms. The number of amides is 1. The molecule has 3 rings (SSSR count). The number of aliphatic carboxylic acids is 1. The van der Waals surface area contributed by atoms with Crippen molar-refractivity contribution in [2.45, 2.75) is 25.3 Å². The molecule has 3 N–H and O–H groups in total. The normalized spacial score (nSPS) is 15.9. The van der Waals surface area contributed by atoms with Gasteiger partial charge in [-0.3, -0.25) is 9.59 Å². The first kappa shape index (κ1) is 20.4. The van der Waals surface area contributed by atoms with Crippen molar-refractivity contribution in [2.24, 2.45) is 0 Å². The van der Waals surface area contributed by atoms with Crippen LogP contribution in [0.15, 0.2) is 66.2 Å². The number of rotatable bonds is 9. The minimum Gasteiger partial charge on any atom is -0.480 e. The number of carbonyl (C=O) groups is 2. The molecule has 0 saturated heterocycles. The van der Waals surface area contributed by atoms with E-state index in [1.807, 2.05) is 60.7 Å². The fourth-order valence-electron chi connectivity index (χ4n) is 3.30. The summed E-state index contributed by atoms with van der Waals surface area (Å²) < 4.78 is 0. The van der Waals surface area contributed by atoms with E-state index < -0.39 is 24.5 Å². The van der Waals surface area contributed by atoms with Crippen molar-refractivity contribution in [3.05, 3.63) is 71.8 Å². The van der Waals surface area contributed by atoms with Gasteiger partial charge in [0, 0.05) is 12.2 Å². The SMILES string of the molecule is O=C(O)CNC(=O)C1=C(c2ccccc2)ON(c2ccccc2)C1CCCCO. The number of anilines is 1. The third-order valence-electron chi connectivity index (χ3n) is 4.63. The molecule has 7 nitrogen and oxygen atoms in total. The topological polar surface area (TPSA) is 99.1 Å². The molecule has 0 saturated carbocycles. The monoisotopic (exact) mass is 396 g/mol. The number of carboxylic acids is 1. The molecule has 0 aliphatic carbocycles. The lowest BCUT2D eigenvalue weighted by Crippen LogP contribution is -2.38. The van der Waals surface area contributed by atoms with E-state index in [-0.39, 0.29) is 6.61 Å². The summed E-state index contributed by atoms with van der Waals surface area (Å²) in [6.07, 6.45) is 1.86. The van der Waals surface area contributed by atoms with Gasteiger partial charge in [0.2, 0.25) is 0 Å². The number of unbranched alkanes of at least 4 members (excludes halogenated alkanes) is 1. The lowest BCUT2D eigenvalue weighted by atomic mass is 9.97. The van der Waals surface area contributed by atoms with Gasteiger partial charge in [0.15, 0.2) is 5.76 Å². The lowest BCUT2D eigenvalue weighted by Gasteiger charge is -2.26. The molecule has 0 spiro atoms. The summed E-state index contributed by atoms with van der Waals surface area (Å²) in [6.45, 7) is -0.409. The van der Waals surface area contributed by atoms with E-state index in [2.05, 4.69) is 5.32 Å². The Bertz CT molecular complexity index is 867. The summed E-state index contributed by atoms with van der Waals surface area (Å²) in [6, 6.07) is 18.3. The highest BCUT2D eigenvalue weighted by atomic mass is 16.7. The van der Waals surface area contributed by atoms with Crippen LogP contribution in [-0.2, 0) is 14.4 Å². The maximum Gasteiger partial charge on any atom is 0.322 e. The second-order valence-corrected chi connectivity index (χ2v) is 6.67. The summed E-state index contributed by atoms with van der Waals surface area (Å²) in [5, 5.41) is 22.3. The van der Waals surface area contributed by atoms with Crippen LogP contribution >= 0.6 is 0 Å². The van der Waals surface area contributed by atoms with Crippen molar-refractivity contribution < 1.29 is 24.6 Å². The zero-order chi connectivity index (χ0) is 20.6. The molecule has 0 aromatic heterocycles.